The Balaban J connectivity index is 4.27. The maximum atomic E-state index is 12.8. The fourth-order valence-corrected chi connectivity index (χ4v) is 8.28. The minimum absolute atomic E-state index is 0.0772. The van der Waals surface area contributed by atoms with E-state index in [-0.39, 0.29) is 31.1 Å². The van der Waals surface area contributed by atoms with Crippen LogP contribution in [0.4, 0.5) is 0 Å². The number of unbranched alkanes of at least 4 members (excludes halogenated alkanes) is 35. The average Bonchev–Trinajstić information content (AvgIpc) is 3.30. The van der Waals surface area contributed by atoms with Crippen LogP contribution in [-0.2, 0) is 28.6 Å². The van der Waals surface area contributed by atoms with Crippen LogP contribution >= 0.6 is 0 Å². The van der Waals surface area contributed by atoms with E-state index in [1.165, 1.54) is 173 Å². The molecule has 65 heavy (non-hydrogen) atoms. The third-order valence-electron chi connectivity index (χ3n) is 12.6. The van der Waals surface area contributed by atoms with Gasteiger partial charge in [-0.3, -0.25) is 14.4 Å². The number of ether oxygens (including phenoxy) is 3. The summed E-state index contributed by atoms with van der Waals surface area (Å²) in [6, 6.07) is 0. The highest BCUT2D eigenvalue weighted by Gasteiger charge is 2.19. The first-order chi connectivity index (χ1) is 32.0. The van der Waals surface area contributed by atoms with E-state index in [2.05, 4.69) is 57.2 Å². The number of rotatable bonds is 52. The van der Waals surface area contributed by atoms with Gasteiger partial charge in [0.2, 0.25) is 0 Å². The Morgan fingerprint density at radius 3 is 0.938 bits per heavy atom. The highest BCUT2D eigenvalue weighted by molar-refractivity contribution is 5.71. The van der Waals surface area contributed by atoms with Gasteiger partial charge in [-0.15, -0.1) is 0 Å². The number of carbonyl (C=O) groups excluding carboxylic acids is 3. The van der Waals surface area contributed by atoms with Crippen LogP contribution in [0.25, 0.3) is 0 Å². The molecule has 0 aliphatic heterocycles. The number of allylic oxidation sites excluding steroid dienone is 6. The van der Waals surface area contributed by atoms with E-state index in [9.17, 15) is 14.4 Å². The molecule has 1 atom stereocenters. The van der Waals surface area contributed by atoms with Crippen LogP contribution in [0.1, 0.15) is 303 Å². The van der Waals surface area contributed by atoms with Gasteiger partial charge >= 0.3 is 17.9 Å². The van der Waals surface area contributed by atoms with Crippen molar-refractivity contribution in [3.05, 3.63) is 36.5 Å². The van der Waals surface area contributed by atoms with Crippen molar-refractivity contribution in [2.75, 3.05) is 13.2 Å². The molecule has 0 aromatic rings. The molecule has 0 heterocycles. The van der Waals surface area contributed by atoms with Gasteiger partial charge in [0.15, 0.2) is 6.10 Å². The molecule has 0 aliphatic rings. The highest BCUT2D eigenvalue weighted by Crippen LogP contribution is 2.17. The third kappa shape index (κ3) is 52.5. The molecule has 380 valence electrons. The Labute approximate surface area is 404 Å². The minimum atomic E-state index is -0.779. The third-order valence-corrected chi connectivity index (χ3v) is 12.6. The smallest absolute Gasteiger partial charge is 0.306 e. The lowest BCUT2D eigenvalue weighted by Gasteiger charge is -2.18. The maximum Gasteiger partial charge on any atom is 0.306 e. The highest BCUT2D eigenvalue weighted by atomic mass is 16.6. The summed E-state index contributed by atoms with van der Waals surface area (Å²) in [5.74, 6) is -0.887. The monoisotopic (exact) mass is 913 g/mol. The Bertz CT molecular complexity index is 1090. The molecule has 0 spiro atoms. The van der Waals surface area contributed by atoms with E-state index in [0.29, 0.717) is 19.3 Å². The zero-order valence-electron chi connectivity index (χ0n) is 43.5. The molecule has 0 bridgehead atoms. The van der Waals surface area contributed by atoms with E-state index in [1.54, 1.807) is 0 Å². The van der Waals surface area contributed by atoms with Crippen molar-refractivity contribution in [1.29, 1.82) is 0 Å². The van der Waals surface area contributed by atoms with Crippen molar-refractivity contribution in [1.82, 2.24) is 0 Å². The predicted octanol–water partition coefficient (Wildman–Crippen LogP) is 18.9. The molecule has 0 saturated heterocycles. The summed E-state index contributed by atoms with van der Waals surface area (Å²) in [5, 5.41) is 0. The molecule has 0 aliphatic carbocycles. The summed E-state index contributed by atoms with van der Waals surface area (Å²) in [4.78, 5) is 38.0. The molecular weight excluding hydrogens is 805 g/mol. The van der Waals surface area contributed by atoms with Gasteiger partial charge in [0.25, 0.3) is 0 Å². The molecule has 6 heteroatoms. The van der Waals surface area contributed by atoms with Gasteiger partial charge in [-0.05, 0) is 70.6 Å². The zero-order valence-corrected chi connectivity index (χ0v) is 43.5. The van der Waals surface area contributed by atoms with Crippen LogP contribution in [0.3, 0.4) is 0 Å². The summed E-state index contributed by atoms with van der Waals surface area (Å²) in [5.41, 5.74) is 0. The fraction of sp³-hybridized carbons (Fsp3) is 0.847. The first-order valence-corrected chi connectivity index (χ1v) is 28.5. The van der Waals surface area contributed by atoms with Gasteiger partial charge in [0.1, 0.15) is 13.2 Å². The van der Waals surface area contributed by atoms with Gasteiger partial charge in [-0.1, -0.05) is 250 Å². The topological polar surface area (TPSA) is 78.9 Å². The summed E-state index contributed by atoms with van der Waals surface area (Å²) in [6.07, 6.45) is 64.3. The molecule has 0 rings (SSSR count). The lowest BCUT2D eigenvalue weighted by Crippen LogP contribution is -2.30. The Morgan fingerprint density at radius 2 is 0.569 bits per heavy atom. The quantitative estimate of drug-likeness (QED) is 0.0262. The van der Waals surface area contributed by atoms with Gasteiger partial charge < -0.3 is 14.2 Å². The van der Waals surface area contributed by atoms with Gasteiger partial charge in [-0.25, -0.2) is 0 Å². The molecule has 0 aromatic heterocycles. The van der Waals surface area contributed by atoms with Crippen LogP contribution in [0.15, 0.2) is 36.5 Å². The SMILES string of the molecule is CCCC/C=C\CCCCCCCC(=O)OC[C@H](COC(=O)CCCCCCCCCCCCCCCCCCCCCCC)OC(=O)CCCCCCC/C=C\C/C=C\CCCCC. The molecule has 0 amide bonds. The molecule has 0 unspecified atom stereocenters. The second-order valence-corrected chi connectivity index (χ2v) is 19.2. The Morgan fingerprint density at radius 1 is 0.308 bits per heavy atom. The average molecular weight is 914 g/mol. The Hall–Kier alpha value is -2.37. The zero-order chi connectivity index (χ0) is 47.2. The van der Waals surface area contributed by atoms with Crippen molar-refractivity contribution >= 4 is 17.9 Å². The van der Waals surface area contributed by atoms with Crippen molar-refractivity contribution in [3.8, 4) is 0 Å². The summed E-state index contributed by atoms with van der Waals surface area (Å²) >= 11 is 0. The first-order valence-electron chi connectivity index (χ1n) is 28.5. The second kappa shape index (κ2) is 54.2. The van der Waals surface area contributed by atoms with E-state index in [1.807, 2.05) is 0 Å². The number of esters is 3. The van der Waals surface area contributed by atoms with Gasteiger partial charge in [0.05, 0.1) is 0 Å². The standard InChI is InChI=1S/C59H108O6/c1-4-7-10-13-16-19-22-24-26-27-28-29-30-31-33-34-37-40-43-46-49-52-58(61)64-55-56(54-63-57(60)51-48-45-42-39-36-21-18-15-12-9-6-3)65-59(62)53-50-47-44-41-38-35-32-25-23-20-17-14-11-8-5-2/h15,17-18,20,25,32,56H,4-14,16,19,21-24,26-31,33-55H2,1-3H3/b18-15-,20-17-,32-25-/t56-/m1/s1. The van der Waals surface area contributed by atoms with Crippen LogP contribution in [0, 0.1) is 0 Å². The van der Waals surface area contributed by atoms with Gasteiger partial charge in [0, 0.05) is 19.3 Å². The van der Waals surface area contributed by atoms with Crippen LogP contribution in [-0.4, -0.2) is 37.2 Å². The molecular formula is C59H108O6. The van der Waals surface area contributed by atoms with E-state index in [0.717, 1.165) is 89.9 Å². The van der Waals surface area contributed by atoms with Crippen molar-refractivity contribution < 1.29 is 28.6 Å². The minimum Gasteiger partial charge on any atom is -0.462 e. The van der Waals surface area contributed by atoms with Crippen LogP contribution in [0.5, 0.6) is 0 Å². The molecule has 0 aromatic carbocycles. The lowest BCUT2D eigenvalue weighted by atomic mass is 10.0. The van der Waals surface area contributed by atoms with Gasteiger partial charge in [-0.2, -0.15) is 0 Å². The molecule has 0 saturated carbocycles. The Kier molecular flexibility index (Phi) is 52.3. The van der Waals surface area contributed by atoms with E-state index in [4.69, 9.17) is 14.2 Å². The van der Waals surface area contributed by atoms with Crippen LogP contribution in [0.2, 0.25) is 0 Å². The molecule has 6 nitrogen and oxygen atoms in total. The maximum absolute atomic E-state index is 12.8. The van der Waals surface area contributed by atoms with E-state index >= 15 is 0 Å². The number of hydrogen-bond donors (Lipinski definition) is 0. The van der Waals surface area contributed by atoms with Crippen molar-refractivity contribution in [2.45, 2.75) is 309 Å². The lowest BCUT2D eigenvalue weighted by molar-refractivity contribution is -0.167. The largest absolute Gasteiger partial charge is 0.462 e. The summed E-state index contributed by atoms with van der Waals surface area (Å²) in [6.45, 7) is 6.59. The number of carbonyl (C=O) groups is 3. The molecule has 0 radical (unpaired) electrons. The van der Waals surface area contributed by atoms with Crippen molar-refractivity contribution in [3.63, 3.8) is 0 Å². The summed E-state index contributed by atoms with van der Waals surface area (Å²) in [7, 11) is 0. The normalized spacial score (nSPS) is 12.2. The van der Waals surface area contributed by atoms with E-state index < -0.39 is 6.10 Å². The number of hydrogen-bond acceptors (Lipinski definition) is 6. The van der Waals surface area contributed by atoms with Crippen molar-refractivity contribution in [2.24, 2.45) is 0 Å². The second-order valence-electron chi connectivity index (χ2n) is 19.2. The summed E-state index contributed by atoms with van der Waals surface area (Å²) < 4.78 is 16.8. The predicted molar refractivity (Wildman–Crippen MR) is 279 cm³/mol. The molecule has 0 fully saturated rings. The fourth-order valence-electron chi connectivity index (χ4n) is 8.28. The molecule has 0 N–H and O–H groups in total. The first kappa shape index (κ1) is 62.6. The van der Waals surface area contributed by atoms with Crippen LogP contribution < -0.4 is 0 Å².